The van der Waals surface area contributed by atoms with Crippen molar-refractivity contribution in [3.63, 3.8) is 0 Å². The molecule has 0 radical (unpaired) electrons. The van der Waals surface area contributed by atoms with E-state index in [-0.39, 0.29) is 5.89 Å². The van der Waals surface area contributed by atoms with Gasteiger partial charge in [-0.2, -0.15) is 0 Å². The van der Waals surface area contributed by atoms with Crippen LogP contribution in [0.5, 0.6) is 0 Å². The summed E-state index contributed by atoms with van der Waals surface area (Å²) in [5.74, 6) is 0.206. The number of aryl methyl sites for hydroxylation is 1. The zero-order chi connectivity index (χ0) is 13.4. The van der Waals surface area contributed by atoms with E-state index >= 15 is 0 Å². The molecule has 0 fully saturated rings. The van der Waals surface area contributed by atoms with Crippen LogP contribution in [0.1, 0.15) is 5.56 Å². The maximum absolute atomic E-state index is 12.0. The van der Waals surface area contributed by atoms with Gasteiger partial charge in [-0.1, -0.05) is 23.7 Å². The van der Waals surface area contributed by atoms with Gasteiger partial charge in [0.05, 0.1) is 10.5 Å². The lowest BCUT2D eigenvalue weighted by Gasteiger charge is -2.04. The summed E-state index contributed by atoms with van der Waals surface area (Å²) in [5, 5.41) is 0.629. The molecule has 1 aromatic carbocycles. The molecule has 5 heteroatoms. The number of fused-ring (bicyclic) bond motifs is 1. The molecule has 0 amide bonds. The van der Waals surface area contributed by atoms with Crippen molar-refractivity contribution in [1.82, 2.24) is 9.97 Å². The number of halogens is 1. The Morgan fingerprint density at radius 2 is 2.05 bits per heavy atom. The third-order valence-electron chi connectivity index (χ3n) is 2.82. The normalized spacial score (nSPS) is 10.8. The van der Waals surface area contributed by atoms with E-state index in [1.54, 1.807) is 24.4 Å². The zero-order valence-corrected chi connectivity index (χ0v) is 10.8. The molecule has 2 aromatic heterocycles. The minimum Gasteiger partial charge on any atom is -0.401 e. The molecule has 94 valence electrons. The molecule has 19 heavy (non-hydrogen) atoms. The Hall–Kier alpha value is -2.20. The van der Waals surface area contributed by atoms with Gasteiger partial charge < -0.3 is 4.42 Å². The van der Waals surface area contributed by atoms with Gasteiger partial charge in [-0.15, -0.1) is 0 Å². The summed E-state index contributed by atoms with van der Waals surface area (Å²) in [6.07, 6.45) is 1.63. The Morgan fingerprint density at radius 3 is 2.84 bits per heavy atom. The van der Waals surface area contributed by atoms with Crippen LogP contribution in [-0.4, -0.2) is 9.97 Å². The minimum absolute atomic E-state index is 0.206. The Bertz CT molecular complexity index is 827. The van der Waals surface area contributed by atoms with Gasteiger partial charge in [-0.05, 0) is 30.7 Å². The molecular formula is C14H9ClN2O2. The van der Waals surface area contributed by atoms with E-state index in [0.717, 1.165) is 5.56 Å². The third kappa shape index (κ3) is 2.00. The van der Waals surface area contributed by atoms with Crippen molar-refractivity contribution in [1.29, 1.82) is 0 Å². The van der Waals surface area contributed by atoms with Gasteiger partial charge in [0, 0.05) is 6.20 Å². The van der Waals surface area contributed by atoms with Crippen molar-refractivity contribution in [3.05, 3.63) is 57.5 Å². The summed E-state index contributed by atoms with van der Waals surface area (Å²) in [4.78, 5) is 20.5. The van der Waals surface area contributed by atoms with Crippen LogP contribution in [0.25, 0.3) is 22.5 Å². The van der Waals surface area contributed by atoms with E-state index in [4.69, 9.17) is 16.0 Å². The van der Waals surface area contributed by atoms with Crippen molar-refractivity contribution in [2.75, 3.05) is 0 Å². The summed E-state index contributed by atoms with van der Waals surface area (Å²) < 4.78 is 5.22. The van der Waals surface area contributed by atoms with Crippen molar-refractivity contribution in [2.45, 2.75) is 6.92 Å². The molecule has 3 rings (SSSR count). The molecule has 2 heterocycles. The lowest BCUT2D eigenvalue weighted by atomic mass is 10.2. The standard InChI is InChI=1S/C14H9ClN2O2/c1-8-4-3-7-16-12(8)13-17-10-6-2-5-9(15)11(10)14(18)19-13/h2-7H,1H3. The average Bonchev–Trinajstić information content (AvgIpc) is 2.39. The van der Waals surface area contributed by atoms with Crippen LogP contribution < -0.4 is 5.63 Å². The van der Waals surface area contributed by atoms with E-state index in [0.29, 0.717) is 21.6 Å². The zero-order valence-electron chi connectivity index (χ0n) is 10.1. The number of benzene rings is 1. The molecule has 4 nitrogen and oxygen atoms in total. The molecule has 0 bridgehead atoms. The largest absolute Gasteiger partial charge is 0.401 e. The monoisotopic (exact) mass is 272 g/mol. The minimum atomic E-state index is -0.504. The quantitative estimate of drug-likeness (QED) is 0.682. The Morgan fingerprint density at radius 1 is 1.21 bits per heavy atom. The highest BCUT2D eigenvalue weighted by molar-refractivity contribution is 6.35. The van der Waals surface area contributed by atoms with E-state index in [1.807, 2.05) is 19.1 Å². The number of hydrogen-bond donors (Lipinski definition) is 0. The molecular weight excluding hydrogens is 264 g/mol. The second kappa shape index (κ2) is 4.48. The molecule has 0 aliphatic heterocycles. The Balaban J connectivity index is 2.34. The van der Waals surface area contributed by atoms with Gasteiger partial charge in [0.2, 0.25) is 5.89 Å². The van der Waals surface area contributed by atoms with Crippen LogP contribution in [0.15, 0.2) is 45.7 Å². The molecule has 3 aromatic rings. The summed E-state index contributed by atoms with van der Waals surface area (Å²) in [6.45, 7) is 1.88. The molecule has 0 saturated heterocycles. The van der Waals surface area contributed by atoms with Crippen LogP contribution in [0.4, 0.5) is 0 Å². The molecule has 0 saturated carbocycles. The van der Waals surface area contributed by atoms with Crippen molar-refractivity contribution in [2.24, 2.45) is 0 Å². The summed E-state index contributed by atoms with van der Waals surface area (Å²) >= 11 is 5.98. The van der Waals surface area contributed by atoms with Crippen molar-refractivity contribution >= 4 is 22.5 Å². The molecule has 0 aliphatic rings. The van der Waals surface area contributed by atoms with Crippen molar-refractivity contribution < 1.29 is 4.42 Å². The van der Waals surface area contributed by atoms with E-state index in [9.17, 15) is 4.79 Å². The first-order valence-corrected chi connectivity index (χ1v) is 6.06. The van der Waals surface area contributed by atoms with E-state index in [1.165, 1.54) is 0 Å². The number of aromatic nitrogens is 2. The number of nitrogens with zero attached hydrogens (tertiary/aromatic N) is 2. The van der Waals surface area contributed by atoms with Crippen molar-refractivity contribution in [3.8, 4) is 11.6 Å². The number of pyridine rings is 1. The third-order valence-corrected chi connectivity index (χ3v) is 3.13. The van der Waals surface area contributed by atoms with Gasteiger partial charge in [0.25, 0.3) is 0 Å². The van der Waals surface area contributed by atoms with Gasteiger partial charge in [0.1, 0.15) is 11.1 Å². The van der Waals surface area contributed by atoms with Crippen LogP contribution in [-0.2, 0) is 0 Å². The molecule has 0 unspecified atom stereocenters. The predicted octanol–water partition coefficient (Wildman–Crippen LogP) is 3.21. The van der Waals surface area contributed by atoms with Crippen LogP contribution >= 0.6 is 11.6 Å². The second-order valence-electron chi connectivity index (χ2n) is 4.11. The average molecular weight is 273 g/mol. The smallest absolute Gasteiger partial charge is 0.348 e. The molecule has 0 aliphatic carbocycles. The van der Waals surface area contributed by atoms with Gasteiger partial charge in [0.15, 0.2) is 0 Å². The fourth-order valence-corrected chi connectivity index (χ4v) is 2.14. The number of hydrogen-bond acceptors (Lipinski definition) is 4. The molecule has 0 spiro atoms. The summed E-state index contributed by atoms with van der Waals surface area (Å²) in [6, 6.07) is 8.79. The SMILES string of the molecule is Cc1cccnc1-c1nc2cccc(Cl)c2c(=O)o1. The van der Waals surface area contributed by atoms with E-state index in [2.05, 4.69) is 9.97 Å². The summed E-state index contributed by atoms with van der Waals surface area (Å²) in [5.41, 5.74) is 1.44. The lowest BCUT2D eigenvalue weighted by molar-refractivity contribution is 0.516. The van der Waals surface area contributed by atoms with E-state index < -0.39 is 5.63 Å². The van der Waals surface area contributed by atoms with Crippen LogP contribution in [0.2, 0.25) is 5.02 Å². The predicted molar refractivity (Wildman–Crippen MR) is 73.3 cm³/mol. The Kier molecular flexibility index (Phi) is 2.80. The first kappa shape index (κ1) is 11.9. The molecule has 0 N–H and O–H groups in total. The first-order chi connectivity index (χ1) is 9.16. The highest BCUT2D eigenvalue weighted by atomic mass is 35.5. The fourth-order valence-electron chi connectivity index (χ4n) is 1.89. The van der Waals surface area contributed by atoms with Crippen LogP contribution in [0.3, 0.4) is 0 Å². The van der Waals surface area contributed by atoms with Gasteiger partial charge in [-0.25, -0.2) is 9.78 Å². The maximum atomic E-state index is 12.0. The van der Waals surface area contributed by atoms with Gasteiger partial charge >= 0.3 is 5.63 Å². The van der Waals surface area contributed by atoms with Crippen LogP contribution in [0, 0.1) is 6.92 Å². The summed E-state index contributed by atoms with van der Waals surface area (Å²) in [7, 11) is 0. The maximum Gasteiger partial charge on any atom is 0.348 e. The molecule has 0 atom stereocenters. The van der Waals surface area contributed by atoms with Gasteiger partial charge in [-0.3, -0.25) is 4.98 Å². The second-order valence-corrected chi connectivity index (χ2v) is 4.52. The lowest BCUT2D eigenvalue weighted by Crippen LogP contribution is -2.04. The number of rotatable bonds is 1. The topological polar surface area (TPSA) is 56.0 Å². The highest BCUT2D eigenvalue weighted by Crippen LogP contribution is 2.23. The fraction of sp³-hybridized carbons (Fsp3) is 0.0714. The Labute approximate surface area is 113 Å². The first-order valence-electron chi connectivity index (χ1n) is 5.68. The highest BCUT2D eigenvalue weighted by Gasteiger charge is 2.13.